The van der Waals surface area contributed by atoms with E-state index in [9.17, 15) is 21.6 Å². The van der Waals surface area contributed by atoms with E-state index in [-0.39, 0.29) is 28.3 Å². The molecule has 0 saturated heterocycles. The van der Waals surface area contributed by atoms with E-state index in [2.05, 4.69) is 14.7 Å². The van der Waals surface area contributed by atoms with Gasteiger partial charge in [0.1, 0.15) is 5.52 Å². The fraction of sp³-hybridized carbons (Fsp3) is 0.130. The summed E-state index contributed by atoms with van der Waals surface area (Å²) in [7, 11) is -3.89. The molecule has 1 heterocycles. The number of rotatable bonds is 5. The Balaban J connectivity index is 1.62. The lowest BCUT2D eigenvalue weighted by Gasteiger charge is -2.13. The molecule has 0 fully saturated rings. The van der Waals surface area contributed by atoms with Crippen LogP contribution in [0.2, 0.25) is 0 Å². The average Bonchev–Trinajstić information content (AvgIpc) is 2.73. The Morgan fingerprint density at radius 1 is 0.875 bits per heavy atom. The summed E-state index contributed by atoms with van der Waals surface area (Å²) in [5.74, 6) is -0.425. The first kappa shape index (κ1) is 21.8. The number of halogens is 3. The van der Waals surface area contributed by atoms with Gasteiger partial charge in [0.05, 0.1) is 22.5 Å². The van der Waals surface area contributed by atoms with Crippen molar-refractivity contribution in [2.45, 2.75) is 18.9 Å². The van der Waals surface area contributed by atoms with Crippen LogP contribution in [0.4, 0.5) is 19.0 Å². The molecule has 0 aliphatic heterocycles. The first-order valence-electron chi connectivity index (χ1n) is 9.62. The Morgan fingerprint density at radius 3 is 2.28 bits per heavy atom. The van der Waals surface area contributed by atoms with Gasteiger partial charge in [-0.2, -0.15) is 13.2 Å². The quantitative estimate of drug-likeness (QED) is 0.426. The summed E-state index contributed by atoms with van der Waals surface area (Å²) in [5, 5.41) is 0. The lowest BCUT2D eigenvalue weighted by Crippen LogP contribution is -2.17. The van der Waals surface area contributed by atoms with Crippen LogP contribution in [0.3, 0.4) is 0 Å². The van der Waals surface area contributed by atoms with Crippen LogP contribution in [0.15, 0.2) is 72.8 Å². The molecule has 3 aromatic carbocycles. The predicted molar refractivity (Wildman–Crippen MR) is 117 cm³/mol. The van der Waals surface area contributed by atoms with Crippen molar-refractivity contribution in [3.63, 3.8) is 0 Å². The zero-order valence-electron chi connectivity index (χ0n) is 16.9. The maximum atomic E-state index is 13.2. The lowest BCUT2D eigenvalue weighted by atomic mass is 10.0. The summed E-state index contributed by atoms with van der Waals surface area (Å²) in [6, 6.07) is 20.2. The van der Waals surface area contributed by atoms with Crippen molar-refractivity contribution in [2.75, 3.05) is 4.72 Å². The van der Waals surface area contributed by atoms with E-state index in [1.165, 1.54) is 19.1 Å². The van der Waals surface area contributed by atoms with Crippen LogP contribution in [0.1, 0.15) is 16.8 Å². The molecule has 4 aromatic rings. The molecular weight excluding hydrogens is 439 g/mol. The number of sulfonamides is 1. The molecule has 32 heavy (non-hydrogen) atoms. The van der Waals surface area contributed by atoms with Crippen molar-refractivity contribution < 1.29 is 21.6 Å². The zero-order chi connectivity index (χ0) is 22.9. The normalized spacial score (nSPS) is 12.1. The van der Waals surface area contributed by atoms with Gasteiger partial charge < -0.3 is 0 Å². The van der Waals surface area contributed by atoms with Gasteiger partial charge in [0.25, 0.3) is 0 Å². The number of aryl methyl sites for hydroxylation is 1. The number of aromatic nitrogens is 2. The molecular formula is C23H18F3N3O2S. The second-order valence-electron chi connectivity index (χ2n) is 7.26. The van der Waals surface area contributed by atoms with Crippen LogP contribution < -0.4 is 4.72 Å². The van der Waals surface area contributed by atoms with E-state index in [0.29, 0.717) is 5.56 Å². The second kappa shape index (κ2) is 8.23. The van der Waals surface area contributed by atoms with Gasteiger partial charge in [-0.05, 0) is 35.7 Å². The highest BCUT2D eigenvalue weighted by atomic mass is 32.2. The average molecular weight is 457 g/mol. The third-order valence-electron chi connectivity index (χ3n) is 4.82. The molecule has 1 N–H and O–H groups in total. The van der Waals surface area contributed by atoms with Crippen LogP contribution in [-0.4, -0.2) is 18.4 Å². The number of para-hydroxylation sites is 1. The number of anilines is 1. The molecule has 0 unspecified atom stereocenters. The number of alkyl halides is 3. The minimum absolute atomic E-state index is 0.0470. The first-order chi connectivity index (χ1) is 15.1. The predicted octanol–water partition coefficient (Wildman–Crippen LogP) is 5.57. The molecule has 4 rings (SSSR count). The van der Waals surface area contributed by atoms with Gasteiger partial charge in [0.15, 0.2) is 5.82 Å². The van der Waals surface area contributed by atoms with E-state index in [1.807, 2.05) is 36.4 Å². The van der Waals surface area contributed by atoms with Gasteiger partial charge in [-0.3, -0.25) is 4.72 Å². The van der Waals surface area contributed by atoms with Gasteiger partial charge in [0.2, 0.25) is 10.0 Å². The summed E-state index contributed by atoms with van der Waals surface area (Å²) in [6.45, 7) is 1.41. The topological polar surface area (TPSA) is 72.0 Å². The SMILES string of the molecule is Cc1nc2c(C(F)(F)F)cccc2nc1NS(=O)(=O)Cc1cccc(-c2ccccc2)c1. The zero-order valence-corrected chi connectivity index (χ0v) is 17.7. The molecule has 164 valence electrons. The van der Waals surface area contributed by atoms with Gasteiger partial charge in [-0.1, -0.05) is 60.7 Å². The summed E-state index contributed by atoms with van der Waals surface area (Å²) in [5.41, 5.74) is 1.15. The first-order valence-corrected chi connectivity index (χ1v) is 11.3. The maximum absolute atomic E-state index is 13.2. The third kappa shape index (κ3) is 4.72. The minimum Gasteiger partial charge on any atom is -0.266 e. The Hall–Kier alpha value is -3.46. The largest absolute Gasteiger partial charge is 0.418 e. The molecule has 9 heteroatoms. The Bertz CT molecular complexity index is 1390. The molecule has 0 radical (unpaired) electrons. The van der Waals surface area contributed by atoms with Gasteiger partial charge in [0, 0.05) is 0 Å². The summed E-state index contributed by atoms with van der Waals surface area (Å²) in [4.78, 5) is 8.07. The summed E-state index contributed by atoms with van der Waals surface area (Å²) in [6.07, 6.45) is -4.59. The molecule has 0 saturated carbocycles. The van der Waals surface area contributed by atoms with Gasteiger partial charge in [-0.25, -0.2) is 18.4 Å². The number of fused-ring (bicyclic) bond motifs is 1. The number of benzene rings is 3. The Morgan fingerprint density at radius 2 is 1.56 bits per heavy atom. The molecule has 0 spiro atoms. The van der Waals surface area contributed by atoms with E-state index < -0.39 is 21.8 Å². The van der Waals surface area contributed by atoms with Crippen molar-refractivity contribution in [1.82, 2.24) is 9.97 Å². The molecule has 5 nitrogen and oxygen atoms in total. The van der Waals surface area contributed by atoms with Crippen molar-refractivity contribution >= 4 is 26.9 Å². The minimum atomic E-state index is -4.59. The second-order valence-corrected chi connectivity index (χ2v) is 8.98. The lowest BCUT2D eigenvalue weighted by molar-refractivity contribution is -0.136. The number of hydrogen-bond donors (Lipinski definition) is 1. The molecule has 0 atom stereocenters. The summed E-state index contributed by atoms with van der Waals surface area (Å²) >= 11 is 0. The van der Waals surface area contributed by atoms with Crippen molar-refractivity contribution in [1.29, 1.82) is 0 Å². The Labute approximate surface area is 183 Å². The highest BCUT2D eigenvalue weighted by Gasteiger charge is 2.33. The highest BCUT2D eigenvalue weighted by molar-refractivity contribution is 7.91. The standard InChI is InChI=1S/C23H18F3N3O2S/c1-15-22(28-20-12-6-11-19(21(20)27-15)23(24,25)26)29-32(30,31)14-16-7-5-10-18(13-16)17-8-3-2-4-9-17/h2-13H,14H2,1H3,(H,28,29). The number of nitrogens with zero attached hydrogens (tertiary/aromatic N) is 2. The maximum Gasteiger partial charge on any atom is 0.418 e. The van der Waals surface area contributed by atoms with Gasteiger partial charge >= 0.3 is 6.18 Å². The third-order valence-corrected chi connectivity index (χ3v) is 6.04. The van der Waals surface area contributed by atoms with Crippen LogP contribution >= 0.6 is 0 Å². The molecule has 0 bridgehead atoms. The van der Waals surface area contributed by atoms with E-state index in [4.69, 9.17) is 0 Å². The number of hydrogen-bond acceptors (Lipinski definition) is 4. The van der Waals surface area contributed by atoms with Crippen LogP contribution in [-0.2, 0) is 22.0 Å². The van der Waals surface area contributed by atoms with Crippen molar-refractivity contribution in [3.05, 3.63) is 89.6 Å². The van der Waals surface area contributed by atoms with E-state index in [0.717, 1.165) is 17.2 Å². The van der Waals surface area contributed by atoms with E-state index in [1.54, 1.807) is 18.2 Å². The molecule has 0 aliphatic rings. The van der Waals surface area contributed by atoms with Crippen molar-refractivity contribution in [2.24, 2.45) is 0 Å². The van der Waals surface area contributed by atoms with Crippen LogP contribution in [0.25, 0.3) is 22.2 Å². The van der Waals surface area contributed by atoms with Crippen LogP contribution in [0, 0.1) is 6.92 Å². The van der Waals surface area contributed by atoms with E-state index >= 15 is 0 Å². The number of nitrogens with one attached hydrogen (secondary N) is 1. The Kier molecular flexibility index (Phi) is 5.60. The fourth-order valence-corrected chi connectivity index (χ4v) is 4.54. The summed E-state index contributed by atoms with van der Waals surface area (Å²) < 4.78 is 67.6. The highest BCUT2D eigenvalue weighted by Crippen LogP contribution is 2.34. The van der Waals surface area contributed by atoms with Crippen LogP contribution in [0.5, 0.6) is 0 Å². The molecule has 0 amide bonds. The fourth-order valence-electron chi connectivity index (χ4n) is 3.36. The monoisotopic (exact) mass is 457 g/mol. The van der Waals surface area contributed by atoms with Crippen molar-refractivity contribution in [3.8, 4) is 11.1 Å². The molecule has 1 aromatic heterocycles. The van der Waals surface area contributed by atoms with Gasteiger partial charge in [-0.15, -0.1) is 0 Å². The molecule has 0 aliphatic carbocycles. The smallest absolute Gasteiger partial charge is 0.266 e.